The summed E-state index contributed by atoms with van der Waals surface area (Å²) >= 11 is 0. The summed E-state index contributed by atoms with van der Waals surface area (Å²) in [6.45, 7) is 4.15. The number of esters is 2. The van der Waals surface area contributed by atoms with Crippen LogP contribution in [-0.2, 0) is 19.1 Å². The summed E-state index contributed by atoms with van der Waals surface area (Å²) in [7, 11) is 0. The van der Waals surface area contributed by atoms with E-state index < -0.39 is 6.10 Å². The van der Waals surface area contributed by atoms with Gasteiger partial charge in [-0.2, -0.15) is 0 Å². The van der Waals surface area contributed by atoms with Gasteiger partial charge in [-0.1, -0.05) is 232 Å². The average molecular weight is 709 g/mol. The van der Waals surface area contributed by atoms with E-state index in [0.29, 0.717) is 12.8 Å². The molecule has 0 saturated heterocycles. The number of hydrogen-bond donors (Lipinski definition) is 1. The zero-order chi connectivity index (χ0) is 36.4. The van der Waals surface area contributed by atoms with Gasteiger partial charge in [0, 0.05) is 12.8 Å². The fourth-order valence-corrected chi connectivity index (χ4v) is 6.97. The van der Waals surface area contributed by atoms with Gasteiger partial charge in [0.15, 0.2) is 6.10 Å². The maximum absolute atomic E-state index is 12.2. The first-order valence-electron chi connectivity index (χ1n) is 22.6. The van der Waals surface area contributed by atoms with Crippen LogP contribution in [0.3, 0.4) is 0 Å². The van der Waals surface area contributed by atoms with E-state index >= 15 is 0 Å². The number of carbonyl (C=O) groups is 2. The van der Waals surface area contributed by atoms with Gasteiger partial charge in [-0.25, -0.2) is 0 Å². The van der Waals surface area contributed by atoms with Crippen molar-refractivity contribution >= 4 is 11.9 Å². The molecule has 5 nitrogen and oxygen atoms in total. The first-order valence-corrected chi connectivity index (χ1v) is 22.6. The van der Waals surface area contributed by atoms with Crippen LogP contribution in [0, 0.1) is 0 Å². The lowest BCUT2D eigenvalue weighted by atomic mass is 10.0. The third kappa shape index (κ3) is 39.7. The van der Waals surface area contributed by atoms with Gasteiger partial charge >= 0.3 is 11.9 Å². The SMILES string of the molecule is CCCCCCCCCCCCCCCCCCCCCCCCCCCCCC(=O)OC(CO)COC(=O)CCCCCCCCCCC. The van der Waals surface area contributed by atoms with Gasteiger partial charge in [-0.3, -0.25) is 9.59 Å². The van der Waals surface area contributed by atoms with E-state index in [0.717, 1.165) is 38.5 Å². The molecule has 1 atom stereocenters. The summed E-state index contributed by atoms with van der Waals surface area (Å²) < 4.78 is 10.6. The Kier molecular flexibility index (Phi) is 41.4. The van der Waals surface area contributed by atoms with Crippen molar-refractivity contribution in [3.63, 3.8) is 0 Å². The Morgan fingerprint density at radius 3 is 0.880 bits per heavy atom. The molecular formula is C45H88O5. The zero-order valence-electron chi connectivity index (χ0n) is 33.9. The second-order valence-electron chi connectivity index (χ2n) is 15.5. The number of rotatable bonds is 42. The Balaban J connectivity index is 3.37. The largest absolute Gasteiger partial charge is 0.462 e. The highest BCUT2D eigenvalue weighted by atomic mass is 16.6. The first kappa shape index (κ1) is 48.9. The van der Waals surface area contributed by atoms with Crippen LogP contribution < -0.4 is 0 Å². The molecule has 0 fully saturated rings. The van der Waals surface area contributed by atoms with Crippen molar-refractivity contribution in [2.24, 2.45) is 0 Å². The van der Waals surface area contributed by atoms with Crippen molar-refractivity contribution in [1.29, 1.82) is 0 Å². The summed E-state index contributed by atoms with van der Waals surface area (Å²) in [5.41, 5.74) is 0. The molecule has 0 aliphatic carbocycles. The molecule has 0 saturated carbocycles. The maximum atomic E-state index is 12.2. The van der Waals surface area contributed by atoms with Crippen LogP contribution in [0.1, 0.15) is 258 Å². The Morgan fingerprint density at radius 1 is 0.380 bits per heavy atom. The second kappa shape index (κ2) is 42.3. The van der Waals surface area contributed by atoms with Crippen LogP contribution in [0.2, 0.25) is 0 Å². The van der Waals surface area contributed by atoms with Gasteiger partial charge in [-0.05, 0) is 12.8 Å². The fourth-order valence-electron chi connectivity index (χ4n) is 6.97. The molecule has 1 N–H and O–H groups in total. The van der Waals surface area contributed by atoms with Gasteiger partial charge in [-0.15, -0.1) is 0 Å². The molecule has 1 unspecified atom stereocenters. The van der Waals surface area contributed by atoms with E-state index in [2.05, 4.69) is 13.8 Å². The Labute approximate surface area is 312 Å². The monoisotopic (exact) mass is 709 g/mol. The lowest BCUT2D eigenvalue weighted by Crippen LogP contribution is -2.28. The number of aliphatic hydroxyl groups excluding tert-OH is 1. The minimum atomic E-state index is -0.761. The molecule has 0 aromatic carbocycles. The summed E-state index contributed by atoms with van der Waals surface area (Å²) in [6, 6.07) is 0. The van der Waals surface area contributed by atoms with Crippen molar-refractivity contribution < 1.29 is 24.2 Å². The van der Waals surface area contributed by atoms with E-state index in [1.54, 1.807) is 0 Å². The first-order chi connectivity index (χ1) is 24.6. The quantitative estimate of drug-likeness (QED) is 0.0505. The number of hydrogen-bond acceptors (Lipinski definition) is 5. The number of unbranched alkanes of at least 4 members (excludes halogenated alkanes) is 34. The van der Waals surface area contributed by atoms with Gasteiger partial charge in [0.05, 0.1) is 6.61 Å². The lowest BCUT2D eigenvalue weighted by molar-refractivity contribution is -0.161. The highest BCUT2D eigenvalue weighted by molar-refractivity contribution is 5.70. The molecule has 0 aromatic heterocycles. The average Bonchev–Trinajstić information content (AvgIpc) is 3.12. The van der Waals surface area contributed by atoms with E-state index in [1.807, 2.05) is 0 Å². The molecule has 0 amide bonds. The second-order valence-corrected chi connectivity index (χ2v) is 15.5. The molecule has 0 aliphatic heterocycles. The summed E-state index contributed by atoms with van der Waals surface area (Å²) in [5, 5.41) is 9.54. The number of aliphatic hydroxyl groups is 1. The van der Waals surface area contributed by atoms with Crippen LogP contribution in [0.25, 0.3) is 0 Å². The minimum Gasteiger partial charge on any atom is -0.462 e. The van der Waals surface area contributed by atoms with Crippen LogP contribution in [0.4, 0.5) is 0 Å². The Bertz CT molecular complexity index is 680. The predicted octanol–water partition coefficient (Wildman–Crippen LogP) is 14.3. The molecule has 0 bridgehead atoms. The molecule has 0 heterocycles. The van der Waals surface area contributed by atoms with E-state index in [-0.39, 0.29) is 25.2 Å². The molecular weight excluding hydrogens is 620 g/mol. The van der Waals surface area contributed by atoms with Crippen LogP contribution >= 0.6 is 0 Å². The normalized spacial score (nSPS) is 12.0. The molecule has 0 spiro atoms. The summed E-state index contributed by atoms with van der Waals surface area (Å²) in [5.74, 6) is -0.577. The molecule has 0 aliphatic rings. The van der Waals surface area contributed by atoms with E-state index in [4.69, 9.17) is 9.47 Å². The smallest absolute Gasteiger partial charge is 0.306 e. The third-order valence-corrected chi connectivity index (χ3v) is 10.4. The molecule has 50 heavy (non-hydrogen) atoms. The number of ether oxygens (including phenoxy) is 2. The summed E-state index contributed by atoms with van der Waals surface area (Å²) in [4.78, 5) is 24.2. The van der Waals surface area contributed by atoms with E-state index in [1.165, 1.54) is 193 Å². The van der Waals surface area contributed by atoms with Crippen molar-refractivity contribution in [3.05, 3.63) is 0 Å². The van der Waals surface area contributed by atoms with Crippen LogP contribution in [-0.4, -0.2) is 36.4 Å². The maximum Gasteiger partial charge on any atom is 0.306 e. The lowest BCUT2D eigenvalue weighted by Gasteiger charge is -2.15. The minimum absolute atomic E-state index is 0.0575. The van der Waals surface area contributed by atoms with Gasteiger partial charge in [0.1, 0.15) is 6.61 Å². The van der Waals surface area contributed by atoms with Crippen molar-refractivity contribution in [1.82, 2.24) is 0 Å². The van der Waals surface area contributed by atoms with E-state index in [9.17, 15) is 14.7 Å². The van der Waals surface area contributed by atoms with Gasteiger partial charge in [0.2, 0.25) is 0 Å². The van der Waals surface area contributed by atoms with Gasteiger partial charge in [0.25, 0.3) is 0 Å². The zero-order valence-corrected chi connectivity index (χ0v) is 33.9. The molecule has 5 heteroatoms. The van der Waals surface area contributed by atoms with Crippen molar-refractivity contribution in [2.45, 2.75) is 264 Å². The third-order valence-electron chi connectivity index (χ3n) is 10.4. The van der Waals surface area contributed by atoms with Crippen molar-refractivity contribution in [2.75, 3.05) is 13.2 Å². The molecule has 0 rings (SSSR count). The van der Waals surface area contributed by atoms with Gasteiger partial charge < -0.3 is 14.6 Å². The number of carbonyl (C=O) groups excluding carboxylic acids is 2. The fraction of sp³-hybridized carbons (Fsp3) is 0.956. The Hall–Kier alpha value is -1.10. The Morgan fingerprint density at radius 2 is 0.620 bits per heavy atom. The highest BCUT2D eigenvalue weighted by Crippen LogP contribution is 2.17. The predicted molar refractivity (Wildman–Crippen MR) is 215 cm³/mol. The molecule has 0 aromatic rings. The highest BCUT2D eigenvalue weighted by Gasteiger charge is 2.16. The molecule has 0 radical (unpaired) electrons. The standard InChI is InChI=1S/C45H88O5/c1-3-5-7-9-11-13-14-15-16-17-18-19-20-21-22-23-24-25-26-27-28-29-30-32-34-36-38-40-45(48)50-43(41-46)42-49-44(47)39-37-35-33-31-12-10-8-6-4-2/h43,46H,3-42H2,1-2H3. The van der Waals surface area contributed by atoms with Crippen LogP contribution in [0.5, 0.6) is 0 Å². The molecule has 298 valence electrons. The summed E-state index contributed by atoms with van der Waals surface area (Å²) in [6.07, 6.45) is 47.8. The van der Waals surface area contributed by atoms with Crippen LogP contribution in [0.15, 0.2) is 0 Å². The topological polar surface area (TPSA) is 72.8 Å². The van der Waals surface area contributed by atoms with Crippen molar-refractivity contribution in [3.8, 4) is 0 Å².